The van der Waals surface area contributed by atoms with Crippen molar-refractivity contribution in [3.63, 3.8) is 0 Å². The number of aryl methyl sites for hydroxylation is 2. The van der Waals surface area contributed by atoms with E-state index in [-0.39, 0.29) is 0 Å². The van der Waals surface area contributed by atoms with E-state index >= 15 is 0 Å². The monoisotopic (exact) mass is 325 g/mol. The van der Waals surface area contributed by atoms with Gasteiger partial charge in [-0.3, -0.25) is 0 Å². The molecule has 1 N–H and O–H groups in total. The van der Waals surface area contributed by atoms with Crippen molar-refractivity contribution < 1.29 is 8.83 Å². The summed E-state index contributed by atoms with van der Waals surface area (Å²) in [5.74, 6) is 3.11. The van der Waals surface area contributed by atoms with Crippen LogP contribution in [0.2, 0.25) is 0 Å². The van der Waals surface area contributed by atoms with Crippen LogP contribution in [0.5, 0.6) is 0 Å². The summed E-state index contributed by atoms with van der Waals surface area (Å²) in [5, 5.41) is 11.7. The molecule has 24 heavy (non-hydrogen) atoms. The van der Waals surface area contributed by atoms with Crippen molar-refractivity contribution in [3.8, 4) is 11.5 Å². The van der Waals surface area contributed by atoms with Crippen LogP contribution in [-0.4, -0.2) is 16.2 Å². The molecule has 1 aromatic carbocycles. The van der Waals surface area contributed by atoms with Gasteiger partial charge in [-0.05, 0) is 38.3 Å². The van der Waals surface area contributed by atoms with E-state index < -0.39 is 0 Å². The van der Waals surface area contributed by atoms with Gasteiger partial charge in [-0.2, -0.15) is 0 Å². The molecule has 0 aliphatic heterocycles. The van der Waals surface area contributed by atoms with Gasteiger partial charge in [-0.25, -0.2) is 0 Å². The highest BCUT2D eigenvalue weighted by Crippen LogP contribution is 2.25. The molecule has 0 fully saturated rings. The third-order valence-corrected chi connectivity index (χ3v) is 4.39. The van der Waals surface area contributed by atoms with Crippen molar-refractivity contribution in [2.45, 2.75) is 46.2 Å². The van der Waals surface area contributed by atoms with Gasteiger partial charge >= 0.3 is 0 Å². The van der Waals surface area contributed by atoms with Crippen LogP contribution in [0, 0.1) is 13.8 Å². The van der Waals surface area contributed by atoms with Crippen molar-refractivity contribution in [3.05, 3.63) is 59.4 Å². The molecule has 3 rings (SSSR count). The van der Waals surface area contributed by atoms with Gasteiger partial charge in [-0.1, -0.05) is 37.3 Å². The molecule has 0 amide bonds. The molecule has 2 aromatic heterocycles. The number of aromatic nitrogens is 2. The molecular formula is C19H23N3O2. The zero-order chi connectivity index (χ0) is 17.1. The molecule has 0 aliphatic carbocycles. The van der Waals surface area contributed by atoms with Crippen LogP contribution in [0.25, 0.3) is 11.5 Å². The Bertz CT molecular complexity index is 792. The normalized spacial score (nSPS) is 13.8. The Morgan fingerprint density at radius 3 is 2.46 bits per heavy atom. The molecule has 0 radical (unpaired) electrons. The standard InChI is InChI=1S/C19H23N3O2/c1-12-10-17(15(4)23-12)19-22-21-18(24-19)11-20-14(3)13(2)16-8-6-5-7-9-16/h5-10,13-14,20H,11H2,1-4H3/t13-,14-/m1/s1. The molecule has 2 heterocycles. The van der Waals surface area contributed by atoms with E-state index in [2.05, 4.69) is 53.6 Å². The average Bonchev–Trinajstić information content (AvgIpc) is 3.18. The van der Waals surface area contributed by atoms with Crippen LogP contribution in [0.3, 0.4) is 0 Å². The minimum atomic E-state index is 0.292. The number of hydrogen-bond donors (Lipinski definition) is 1. The average molecular weight is 325 g/mol. The van der Waals surface area contributed by atoms with Crippen molar-refractivity contribution in [2.75, 3.05) is 0 Å². The summed E-state index contributed by atoms with van der Waals surface area (Å²) in [6.45, 7) is 8.72. The lowest BCUT2D eigenvalue weighted by molar-refractivity contribution is 0.422. The molecule has 0 aliphatic rings. The SMILES string of the molecule is Cc1cc(-c2nnc(CN[C@H](C)[C@@H](C)c3ccccc3)o2)c(C)o1. The predicted octanol–water partition coefficient (Wildman–Crippen LogP) is 4.23. The minimum Gasteiger partial charge on any atom is -0.466 e. The summed E-state index contributed by atoms with van der Waals surface area (Å²) < 4.78 is 11.3. The Kier molecular flexibility index (Phi) is 4.81. The molecular weight excluding hydrogens is 302 g/mol. The van der Waals surface area contributed by atoms with Gasteiger partial charge < -0.3 is 14.2 Å². The Hall–Kier alpha value is -2.40. The summed E-state index contributed by atoms with van der Waals surface area (Å²) >= 11 is 0. The first-order valence-electron chi connectivity index (χ1n) is 8.22. The molecule has 126 valence electrons. The van der Waals surface area contributed by atoms with E-state index in [1.165, 1.54) is 5.56 Å². The second-order valence-corrected chi connectivity index (χ2v) is 6.20. The Morgan fingerprint density at radius 1 is 1.04 bits per heavy atom. The van der Waals surface area contributed by atoms with Gasteiger partial charge in [0.2, 0.25) is 5.89 Å². The summed E-state index contributed by atoms with van der Waals surface area (Å²) in [6, 6.07) is 12.7. The topological polar surface area (TPSA) is 64.1 Å². The molecule has 0 saturated heterocycles. The lowest BCUT2D eigenvalue weighted by Gasteiger charge is -2.21. The fourth-order valence-electron chi connectivity index (χ4n) is 2.75. The van der Waals surface area contributed by atoms with Crippen LogP contribution >= 0.6 is 0 Å². The first-order chi connectivity index (χ1) is 11.5. The summed E-state index contributed by atoms with van der Waals surface area (Å²) in [4.78, 5) is 0. The van der Waals surface area contributed by atoms with E-state index in [1.807, 2.05) is 26.0 Å². The fraction of sp³-hybridized carbons (Fsp3) is 0.368. The second-order valence-electron chi connectivity index (χ2n) is 6.20. The minimum absolute atomic E-state index is 0.292. The number of hydrogen-bond acceptors (Lipinski definition) is 5. The van der Waals surface area contributed by atoms with Gasteiger partial charge in [0.15, 0.2) is 0 Å². The molecule has 5 heteroatoms. The smallest absolute Gasteiger partial charge is 0.251 e. The summed E-state index contributed by atoms with van der Waals surface area (Å²) in [7, 11) is 0. The third-order valence-electron chi connectivity index (χ3n) is 4.39. The van der Waals surface area contributed by atoms with Crippen molar-refractivity contribution in [1.29, 1.82) is 0 Å². The van der Waals surface area contributed by atoms with Crippen LogP contribution in [-0.2, 0) is 6.54 Å². The molecule has 3 aromatic rings. The van der Waals surface area contributed by atoms with Crippen molar-refractivity contribution in [2.24, 2.45) is 0 Å². The van der Waals surface area contributed by atoms with Crippen LogP contribution in [0.1, 0.15) is 42.7 Å². The largest absolute Gasteiger partial charge is 0.466 e. The maximum absolute atomic E-state index is 5.75. The van der Waals surface area contributed by atoms with E-state index in [4.69, 9.17) is 8.83 Å². The predicted molar refractivity (Wildman–Crippen MR) is 92.6 cm³/mol. The molecule has 2 atom stereocenters. The number of furan rings is 1. The van der Waals surface area contributed by atoms with Gasteiger partial charge in [0.1, 0.15) is 11.5 Å². The van der Waals surface area contributed by atoms with E-state index in [0.29, 0.717) is 30.3 Å². The van der Waals surface area contributed by atoms with Gasteiger partial charge in [0, 0.05) is 6.04 Å². The van der Waals surface area contributed by atoms with Crippen LogP contribution < -0.4 is 5.32 Å². The Morgan fingerprint density at radius 2 is 1.79 bits per heavy atom. The van der Waals surface area contributed by atoms with Crippen LogP contribution in [0.4, 0.5) is 0 Å². The third kappa shape index (κ3) is 3.57. The lowest BCUT2D eigenvalue weighted by Crippen LogP contribution is -2.30. The molecule has 0 spiro atoms. The van der Waals surface area contributed by atoms with Crippen molar-refractivity contribution >= 4 is 0 Å². The first-order valence-corrected chi connectivity index (χ1v) is 8.22. The highest BCUT2D eigenvalue weighted by atomic mass is 16.4. The zero-order valence-corrected chi connectivity index (χ0v) is 14.5. The highest BCUT2D eigenvalue weighted by molar-refractivity contribution is 5.55. The molecule has 0 bridgehead atoms. The fourth-order valence-corrected chi connectivity index (χ4v) is 2.75. The Labute approximate surface area is 142 Å². The van der Waals surface area contributed by atoms with E-state index in [0.717, 1.165) is 17.1 Å². The van der Waals surface area contributed by atoms with Gasteiger partial charge in [0.25, 0.3) is 5.89 Å². The molecule has 0 saturated carbocycles. The summed E-state index contributed by atoms with van der Waals surface area (Å²) in [6.07, 6.45) is 0. The quantitative estimate of drug-likeness (QED) is 0.735. The van der Waals surface area contributed by atoms with Crippen molar-refractivity contribution in [1.82, 2.24) is 15.5 Å². The van der Waals surface area contributed by atoms with E-state index in [1.54, 1.807) is 0 Å². The maximum Gasteiger partial charge on any atom is 0.251 e. The Balaban J connectivity index is 1.62. The summed E-state index contributed by atoms with van der Waals surface area (Å²) in [5.41, 5.74) is 2.17. The number of nitrogens with one attached hydrogen (secondary N) is 1. The molecule has 5 nitrogen and oxygen atoms in total. The lowest BCUT2D eigenvalue weighted by atomic mass is 9.94. The van der Waals surface area contributed by atoms with Gasteiger partial charge in [-0.15, -0.1) is 10.2 Å². The number of nitrogens with zero attached hydrogens (tertiary/aromatic N) is 2. The zero-order valence-electron chi connectivity index (χ0n) is 14.5. The molecule has 0 unspecified atom stereocenters. The van der Waals surface area contributed by atoms with Gasteiger partial charge in [0.05, 0.1) is 12.1 Å². The van der Waals surface area contributed by atoms with E-state index in [9.17, 15) is 0 Å². The number of benzene rings is 1. The first kappa shape index (κ1) is 16.5. The second kappa shape index (κ2) is 7.01. The maximum atomic E-state index is 5.75. The van der Waals surface area contributed by atoms with Crippen LogP contribution in [0.15, 0.2) is 45.2 Å². The number of rotatable bonds is 6. The highest BCUT2D eigenvalue weighted by Gasteiger charge is 2.17.